The first-order chi connectivity index (χ1) is 16.0. The maximum absolute atomic E-state index is 12.6. The van der Waals surface area contributed by atoms with Crippen LogP contribution in [0.4, 0.5) is 13.2 Å². The molecule has 3 aromatic rings. The van der Waals surface area contributed by atoms with Gasteiger partial charge in [-0.05, 0) is 35.6 Å². The normalized spacial score (nSPS) is 12.3. The summed E-state index contributed by atoms with van der Waals surface area (Å²) >= 11 is 1.23. The maximum atomic E-state index is 12.6. The summed E-state index contributed by atoms with van der Waals surface area (Å²) < 4.78 is 39.8. The number of hydrazone groups is 1. The van der Waals surface area contributed by atoms with Crippen molar-refractivity contribution >= 4 is 23.9 Å². The molecule has 0 fully saturated rings. The molecule has 0 bridgehead atoms. The average Bonchev–Trinajstić information content (AvgIpc) is 3.20. The van der Waals surface area contributed by atoms with Crippen LogP contribution in [-0.4, -0.2) is 32.6 Å². The summed E-state index contributed by atoms with van der Waals surface area (Å²) in [6.07, 6.45) is -3.10. The Bertz CT molecular complexity index is 1150. The van der Waals surface area contributed by atoms with Crippen LogP contribution in [0.3, 0.4) is 0 Å². The highest BCUT2D eigenvalue weighted by atomic mass is 32.2. The smallest absolute Gasteiger partial charge is 0.302 e. The van der Waals surface area contributed by atoms with Gasteiger partial charge in [0, 0.05) is 12.1 Å². The van der Waals surface area contributed by atoms with Gasteiger partial charge in [0.2, 0.25) is 0 Å². The molecule has 0 aliphatic rings. The van der Waals surface area contributed by atoms with Crippen molar-refractivity contribution in [2.24, 2.45) is 5.10 Å². The van der Waals surface area contributed by atoms with Crippen LogP contribution in [0.25, 0.3) is 11.4 Å². The van der Waals surface area contributed by atoms with Crippen LogP contribution in [0.1, 0.15) is 44.4 Å². The Hall–Kier alpha value is -3.14. The number of alkyl halides is 3. The molecule has 0 atom stereocenters. The molecule has 180 valence electrons. The van der Waals surface area contributed by atoms with Crippen LogP contribution in [0.5, 0.6) is 0 Å². The summed E-state index contributed by atoms with van der Waals surface area (Å²) in [5.74, 6) is 0.423. The zero-order chi connectivity index (χ0) is 24.9. The fourth-order valence-corrected chi connectivity index (χ4v) is 3.91. The van der Waals surface area contributed by atoms with Crippen LogP contribution in [0, 0.1) is 0 Å². The summed E-state index contributed by atoms with van der Waals surface area (Å²) in [6.45, 7) is 9.09. The van der Waals surface area contributed by atoms with Gasteiger partial charge in [-0.3, -0.25) is 4.79 Å². The molecule has 1 heterocycles. The van der Waals surface area contributed by atoms with E-state index in [0.29, 0.717) is 17.3 Å². The zero-order valence-corrected chi connectivity index (χ0v) is 20.2. The second kappa shape index (κ2) is 10.4. The summed E-state index contributed by atoms with van der Waals surface area (Å²) in [5, 5.41) is 12.9. The zero-order valence-electron chi connectivity index (χ0n) is 19.3. The van der Waals surface area contributed by atoms with Crippen molar-refractivity contribution in [1.82, 2.24) is 20.2 Å². The van der Waals surface area contributed by atoms with E-state index in [9.17, 15) is 18.0 Å². The van der Waals surface area contributed by atoms with Gasteiger partial charge in [-0.15, -0.1) is 10.2 Å². The minimum atomic E-state index is -4.39. The highest BCUT2D eigenvalue weighted by Gasteiger charge is 2.29. The molecule has 0 unspecified atom stereocenters. The SMILES string of the molecule is CCn1c(SCC(=O)N/N=C\c2ccc(C(F)(F)F)cc2)nnc1-c1ccc(C(C)(C)C)cc1. The van der Waals surface area contributed by atoms with E-state index >= 15 is 0 Å². The molecule has 34 heavy (non-hydrogen) atoms. The van der Waals surface area contributed by atoms with E-state index in [1.807, 2.05) is 23.6 Å². The third kappa shape index (κ3) is 6.47. The van der Waals surface area contributed by atoms with E-state index in [2.05, 4.69) is 53.6 Å². The van der Waals surface area contributed by atoms with Crippen molar-refractivity contribution in [3.05, 3.63) is 65.2 Å². The van der Waals surface area contributed by atoms with Crippen LogP contribution in [-0.2, 0) is 22.9 Å². The standard InChI is InChI=1S/C24H26F3N5OS/c1-5-32-21(17-8-12-18(13-9-17)23(2,3)4)30-31-22(32)34-15-20(33)29-28-14-16-6-10-19(11-7-16)24(25,26)27/h6-14H,5,15H2,1-4H3,(H,29,33)/b28-14-. The highest BCUT2D eigenvalue weighted by Crippen LogP contribution is 2.29. The minimum Gasteiger partial charge on any atom is -0.302 e. The molecule has 0 radical (unpaired) electrons. The van der Waals surface area contributed by atoms with E-state index in [1.54, 1.807) is 0 Å². The summed E-state index contributed by atoms with van der Waals surface area (Å²) in [4.78, 5) is 12.1. The molecule has 0 saturated carbocycles. The molecule has 0 spiro atoms. The first kappa shape index (κ1) is 25.5. The predicted molar refractivity (Wildman–Crippen MR) is 128 cm³/mol. The maximum Gasteiger partial charge on any atom is 0.416 e. The fourth-order valence-electron chi connectivity index (χ4n) is 3.11. The third-order valence-corrected chi connectivity index (χ3v) is 5.98. The van der Waals surface area contributed by atoms with Gasteiger partial charge >= 0.3 is 6.18 Å². The number of halogens is 3. The molecule has 0 aliphatic carbocycles. The van der Waals surface area contributed by atoms with Gasteiger partial charge in [-0.25, -0.2) is 5.43 Å². The molecule has 1 amide bonds. The first-order valence-electron chi connectivity index (χ1n) is 10.6. The van der Waals surface area contributed by atoms with Gasteiger partial charge in [-0.2, -0.15) is 18.3 Å². The number of carbonyl (C=O) groups is 1. The Labute approximate surface area is 200 Å². The van der Waals surface area contributed by atoms with E-state index in [4.69, 9.17) is 0 Å². The van der Waals surface area contributed by atoms with E-state index in [-0.39, 0.29) is 17.1 Å². The quantitative estimate of drug-likeness (QED) is 0.269. The Morgan fingerprint density at radius 2 is 1.65 bits per heavy atom. The summed E-state index contributed by atoms with van der Waals surface area (Å²) in [6, 6.07) is 12.7. The molecule has 0 saturated heterocycles. The van der Waals surface area contributed by atoms with E-state index in [1.165, 1.54) is 35.7 Å². The number of nitrogens with one attached hydrogen (secondary N) is 1. The Kier molecular flexibility index (Phi) is 7.81. The Balaban J connectivity index is 1.58. The number of hydrogen-bond donors (Lipinski definition) is 1. The lowest BCUT2D eigenvalue weighted by Crippen LogP contribution is -2.20. The van der Waals surface area contributed by atoms with E-state index in [0.717, 1.165) is 23.5 Å². The van der Waals surface area contributed by atoms with Crippen molar-refractivity contribution in [3.8, 4) is 11.4 Å². The number of aromatic nitrogens is 3. The van der Waals surface area contributed by atoms with Gasteiger partial charge < -0.3 is 4.57 Å². The van der Waals surface area contributed by atoms with Crippen LogP contribution < -0.4 is 5.43 Å². The molecule has 0 aliphatic heterocycles. The molecule has 6 nitrogen and oxygen atoms in total. The number of carbonyl (C=O) groups excluding carboxylic acids is 1. The number of rotatable bonds is 7. The Morgan fingerprint density at radius 1 is 1.03 bits per heavy atom. The lowest BCUT2D eigenvalue weighted by Gasteiger charge is -2.19. The molecule has 2 aromatic carbocycles. The van der Waals surface area contributed by atoms with Crippen LogP contribution in [0.15, 0.2) is 58.8 Å². The van der Waals surface area contributed by atoms with Crippen molar-refractivity contribution < 1.29 is 18.0 Å². The van der Waals surface area contributed by atoms with Crippen molar-refractivity contribution in [2.45, 2.75) is 51.0 Å². The lowest BCUT2D eigenvalue weighted by molar-refractivity contribution is -0.137. The van der Waals surface area contributed by atoms with Crippen molar-refractivity contribution in [1.29, 1.82) is 0 Å². The molecule has 10 heteroatoms. The first-order valence-corrected chi connectivity index (χ1v) is 11.6. The monoisotopic (exact) mass is 489 g/mol. The number of nitrogens with zero attached hydrogens (tertiary/aromatic N) is 4. The summed E-state index contributed by atoms with van der Waals surface area (Å²) in [7, 11) is 0. The van der Waals surface area contributed by atoms with E-state index < -0.39 is 11.7 Å². The summed E-state index contributed by atoms with van der Waals surface area (Å²) in [5.41, 5.74) is 4.29. The highest BCUT2D eigenvalue weighted by molar-refractivity contribution is 7.99. The molecular weight excluding hydrogens is 463 g/mol. The number of benzene rings is 2. The van der Waals surface area contributed by atoms with Gasteiger partial charge in [-0.1, -0.05) is 68.9 Å². The molecule has 1 aromatic heterocycles. The van der Waals surface area contributed by atoms with Gasteiger partial charge in [0.1, 0.15) is 0 Å². The van der Waals surface area contributed by atoms with Gasteiger partial charge in [0.05, 0.1) is 17.5 Å². The van der Waals surface area contributed by atoms with Gasteiger partial charge in [0.15, 0.2) is 11.0 Å². The topological polar surface area (TPSA) is 72.2 Å². The third-order valence-electron chi connectivity index (χ3n) is 5.02. The molecule has 1 N–H and O–H groups in total. The molecular formula is C24H26F3N5OS. The predicted octanol–water partition coefficient (Wildman–Crippen LogP) is 5.52. The van der Waals surface area contributed by atoms with Crippen LogP contribution in [0.2, 0.25) is 0 Å². The molecule has 3 rings (SSSR count). The lowest BCUT2D eigenvalue weighted by atomic mass is 9.87. The van der Waals surface area contributed by atoms with Crippen molar-refractivity contribution in [2.75, 3.05) is 5.75 Å². The minimum absolute atomic E-state index is 0.0559. The van der Waals surface area contributed by atoms with Gasteiger partial charge in [0.25, 0.3) is 5.91 Å². The fraction of sp³-hybridized carbons (Fsp3) is 0.333. The Morgan fingerprint density at radius 3 is 2.21 bits per heavy atom. The van der Waals surface area contributed by atoms with Crippen molar-refractivity contribution in [3.63, 3.8) is 0 Å². The largest absolute Gasteiger partial charge is 0.416 e. The van der Waals surface area contributed by atoms with Crippen LogP contribution >= 0.6 is 11.8 Å². The number of thioether (sulfide) groups is 1. The average molecular weight is 490 g/mol. The number of amides is 1. The second-order valence-corrected chi connectivity index (χ2v) is 9.52. The number of hydrogen-bond acceptors (Lipinski definition) is 5. The second-order valence-electron chi connectivity index (χ2n) is 8.58.